The fourth-order valence-corrected chi connectivity index (χ4v) is 2.58. The van der Waals surface area contributed by atoms with Crippen LogP contribution in [0.1, 0.15) is 46.4 Å². The maximum absolute atomic E-state index is 12.3. The van der Waals surface area contributed by atoms with Gasteiger partial charge in [0, 0.05) is 37.3 Å². The molecular weight excluding hydrogens is 302 g/mol. The Balaban J connectivity index is 0.00000242. The fraction of sp³-hybridized carbons (Fsp3) is 0.500. The number of rotatable bonds is 3. The van der Waals surface area contributed by atoms with Gasteiger partial charge in [-0.15, -0.1) is 12.4 Å². The van der Waals surface area contributed by atoms with Crippen molar-refractivity contribution in [3.63, 3.8) is 0 Å². The first-order valence-electron chi connectivity index (χ1n) is 7.35. The maximum Gasteiger partial charge on any atom is 0.253 e. The first-order chi connectivity index (χ1) is 9.97. The molecule has 0 atom stereocenters. The molecule has 1 aliphatic rings. The molecule has 2 rings (SSSR count). The van der Waals surface area contributed by atoms with Crippen LogP contribution in [-0.2, 0) is 0 Å². The normalized spacial score (nSPS) is 20.7. The van der Waals surface area contributed by atoms with Gasteiger partial charge in [-0.25, -0.2) is 0 Å². The van der Waals surface area contributed by atoms with E-state index in [1.165, 1.54) is 4.90 Å². The molecule has 6 heteroatoms. The first kappa shape index (κ1) is 18.5. The Kier molecular flexibility index (Phi) is 6.84. The third-order valence-corrected chi connectivity index (χ3v) is 3.88. The summed E-state index contributed by atoms with van der Waals surface area (Å²) in [7, 11) is 3.39. The largest absolute Gasteiger partial charge is 0.349 e. The zero-order valence-corrected chi connectivity index (χ0v) is 13.9. The van der Waals surface area contributed by atoms with E-state index in [2.05, 4.69) is 5.32 Å². The molecule has 122 valence electrons. The molecule has 1 aromatic rings. The molecule has 5 nitrogen and oxygen atoms in total. The number of nitrogens with one attached hydrogen (secondary N) is 1. The Bertz CT molecular complexity index is 526. The first-order valence-corrected chi connectivity index (χ1v) is 7.35. The van der Waals surface area contributed by atoms with E-state index in [-0.39, 0.29) is 36.3 Å². The summed E-state index contributed by atoms with van der Waals surface area (Å²) in [5, 5.41) is 3.03. The van der Waals surface area contributed by atoms with E-state index in [1.54, 1.807) is 38.4 Å². The summed E-state index contributed by atoms with van der Waals surface area (Å²) >= 11 is 0. The van der Waals surface area contributed by atoms with Gasteiger partial charge in [-0.3, -0.25) is 9.59 Å². The molecule has 0 aromatic heterocycles. The highest BCUT2D eigenvalue weighted by Gasteiger charge is 2.21. The Morgan fingerprint density at radius 2 is 1.73 bits per heavy atom. The molecule has 0 radical (unpaired) electrons. The number of carbonyl (C=O) groups excluding carboxylic acids is 2. The molecule has 1 fully saturated rings. The highest BCUT2D eigenvalue weighted by atomic mass is 35.5. The molecule has 0 heterocycles. The number of amides is 2. The zero-order valence-electron chi connectivity index (χ0n) is 13.0. The fourth-order valence-electron chi connectivity index (χ4n) is 2.58. The van der Waals surface area contributed by atoms with Crippen molar-refractivity contribution < 1.29 is 9.59 Å². The Hall–Kier alpha value is -1.59. The van der Waals surface area contributed by atoms with E-state index in [4.69, 9.17) is 5.73 Å². The maximum atomic E-state index is 12.3. The second kappa shape index (κ2) is 8.15. The summed E-state index contributed by atoms with van der Waals surface area (Å²) in [5.74, 6) is -0.225. The van der Waals surface area contributed by atoms with Crippen LogP contribution in [-0.4, -0.2) is 42.9 Å². The minimum absolute atomic E-state index is 0. The number of hydrogen-bond donors (Lipinski definition) is 2. The summed E-state index contributed by atoms with van der Waals surface area (Å²) in [6.07, 6.45) is 3.74. The van der Waals surface area contributed by atoms with Crippen LogP contribution in [0.4, 0.5) is 0 Å². The Labute approximate surface area is 137 Å². The summed E-state index contributed by atoms with van der Waals surface area (Å²) in [5.41, 5.74) is 6.92. The van der Waals surface area contributed by atoms with Crippen molar-refractivity contribution in [3.8, 4) is 0 Å². The minimum atomic E-state index is -0.121. The average Bonchev–Trinajstić information content (AvgIpc) is 2.48. The van der Waals surface area contributed by atoms with Crippen LogP contribution >= 0.6 is 12.4 Å². The molecule has 22 heavy (non-hydrogen) atoms. The number of nitrogens with zero attached hydrogens (tertiary/aromatic N) is 1. The molecule has 3 N–H and O–H groups in total. The monoisotopic (exact) mass is 325 g/mol. The van der Waals surface area contributed by atoms with Gasteiger partial charge in [0.1, 0.15) is 0 Å². The van der Waals surface area contributed by atoms with Crippen molar-refractivity contribution in [1.29, 1.82) is 0 Å². The van der Waals surface area contributed by atoms with Crippen LogP contribution in [0.25, 0.3) is 0 Å². The molecule has 0 bridgehead atoms. The summed E-state index contributed by atoms with van der Waals surface area (Å²) < 4.78 is 0. The zero-order chi connectivity index (χ0) is 15.4. The SMILES string of the molecule is CN(C)C(=O)c1cccc(C(=O)NC2CCC(N)CC2)c1.Cl. The van der Waals surface area contributed by atoms with Crippen LogP contribution in [0, 0.1) is 0 Å². The number of benzene rings is 1. The van der Waals surface area contributed by atoms with Gasteiger partial charge in [-0.05, 0) is 43.9 Å². The van der Waals surface area contributed by atoms with Gasteiger partial charge in [0.25, 0.3) is 11.8 Å². The lowest BCUT2D eigenvalue weighted by atomic mass is 9.91. The summed E-state index contributed by atoms with van der Waals surface area (Å²) in [6.45, 7) is 0. The van der Waals surface area contributed by atoms with Crippen molar-refractivity contribution in [2.45, 2.75) is 37.8 Å². The third-order valence-electron chi connectivity index (χ3n) is 3.88. The molecule has 1 aromatic carbocycles. The Morgan fingerprint density at radius 3 is 2.32 bits per heavy atom. The van der Waals surface area contributed by atoms with Gasteiger partial charge in [-0.1, -0.05) is 6.07 Å². The van der Waals surface area contributed by atoms with Gasteiger partial charge in [0.2, 0.25) is 0 Å². The molecule has 2 amide bonds. The van der Waals surface area contributed by atoms with Gasteiger partial charge in [0.05, 0.1) is 0 Å². The molecular formula is C16H24ClN3O2. The Morgan fingerprint density at radius 1 is 1.14 bits per heavy atom. The van der Waals surface area contributed by atoms with Crippen LogP contribution in [0.5, 0.6) is 0 Å². The molecule has 1 saturated carbocycles. The quantitative estimate of drug-likeness (QED) is 0.890. The van der Waals surface area contributed by atoms with E-state index >= 15 is 0 Å². The van der Waals surface area contributed by atoms with Crippen LogP contribution in [0.2, 0.25) is 0 Å². The third kappa shape index (κ3) is 4.71. The standard InChI is InChI=1S/C16H23N3O2.ClH/c1-19(2)16(21)12-5-3-4-11(10-12)15(20)18-14-8-6-13(17)7-9-14;/h3-5,10,13-14H,6-9,17H2,1-2H3,(H,18,20);1H. The minimum Gasteiger partial charge on any atom is -0.349 e. The van der Waals surface area contributed by atoms with Crippen LogP contribution in [0.3, 0.4) is 0 Å². The van der Waals surface area contributed by atoms with Gasteiger partial charge >= 0.3 is 0 Å². The highest BCUT2D eigenvalue weighted by molar-refractivity contribution is 5.99. The smallest absolute Gasteiger partial charge is 0.253 e. The van der Waals surface area contributed by atoms with E-state index in [0.717, 1.165) is 25.7 Å². The molecule has 0 spiro atoms. The second-order valence-electron chi connectivity index (χ2n) is 5.87. The van der Waals surface area contributed by atoms with E-state index in [0.29, 0.717) is 11.1 Å². The highest BCUT2D eigenvalue weighted by Crippen LogP contribution is 2.17. The van der Waals surface area contributed by atoms with Gasteiger partial charge in [0.15, 0.2) is 0 Å². The molecule has 0 saturated heterocycles. The van der Waals surface area contributed by atoms with Crippen molar-refractivity contribution in [1.82, 2.24) is 10.2 Å². The summed E-state index contributed by atoms with van der Waals surface area (Å²) in [6, 6.07) is 7.29. The lowest BCUT2D eigenvalue weighted by Gasteiger charge is -2.26. The number of nitrogens with two attached hydrogens (primary N) is 1. The molecule has 0 unspecified atom stereocenters. The van der Waals surface area contributed by atoms with E-state index < -0.39 is 0 Å². The predicted octanol–water partition coefficient (Wildman–Crippen LogP) is 1.81. The van der Waals surface area contributed by atoms with Crippen molar-refractivity contribution >= 4 is 24.2 Å². The lowest BCUT2D eigenvalue weighted by molar-refractivity contribution is 0.0827. The number of carbonyl (C=O) groups is 2. The topological polar surface area (TPSA) is 75.4 Å². The summed E-state index contributed by atoms with van der Waals surface area (Å²) in [4.78, 5) is 25.7. The van der Waals surface area contributed by atoms with Crippen LogP contribution in [0.15, 0.2) is 24.3 Å². The average molecular weight is 326 g/mol. The van der Waals surface area contributed by atoms with Crippen LogP contribution < -0.4 is 11.1 Å². The van der Waals surface area contributed by atoms with Gasteiger partial charge < -0.3 is 16.0 Å². The number of halogens is 1. The predicted molar refractivity (Wildman–Crippen MR) is 89.4 cm³/mol. The van der Waals surface area contributed by atoms with Crippen molar-refractivity contribution in [3.05, 3.63) is 35.4 Å². The van der Waals surface area contributed by atoms with E-state index in [1.807, 2.05) is 0 Å². The van der Waals surface area contributed by atoms with E-state index in [9.17, 15) is 9.59 Å². The lowest BCUT2D eigenvalue weighted by Crippen LogP contribution is -2.40. The van der Waals surface area contributed by atoms with Gasteiger partial charge in [-0.2, -0.15) is 0 Å². The van der Waals surface area contributed by atoms with Crippen molar-refractivity contribution in [2.75, 3.05) is 14.1 Å². The molecule has 1 aliphatic carbocycles. The molecule has 0 aliphatic heterocycles. The van der Waals surface area contributed by atoms with Crippen molar-refractivity contribution in [2.24, 2.45) is 5.73 Å². The second-order valence-corrected chi connectivity index (χ2v) is 5.87. The number of hydrogen-bond acceptors (Lipinski definition) is 3.